The number of benzene rings is 2. The van der Waals surface area contributed by atoms with Crippen LogP contribution in [0.25, 0.3) is 11.1 Å². The zero-order chi connectivity index (χ0) is 27.2. The number of methoxy groups -OCH3 is 1. The van der Waals surface area contributed by atoms with Crippen LogP contribution in [0.15, 0.2) is 78.4 Å². The van der Waals surface area contributed by atoms with E-state index in [2.05, 4.69) is 15.2 Å². The summed E-state index contributed by atoms with van der Waals surface area (Å²) in [4.78, 5) is 34.9. The smallest absolute Gasteiger partial charge is 0.264 e. The molecule has 0 radical (unpaired) electrons. The molecular formula is C30H30N4O4S. The summed E-state index contributed by atoms with van der Waals surface area (Å²) in [7, 11) is 1.61. The molecule has 0 spiro atoms. The van der Waals surface area contributed by atoms with E-state index in [4.69, 9.17) is 9.47 Å². The molecule has 39 heavy (non-hydrogen) atoms. The second-order valence-corrected chi connectivity index (χ2v) is 9.96. The van der Waals surface area contributed by atoms with Crippen LogP contribution >= 0.6 is 11.3 Å². The van der Waals surface area contributed by atoms with Crippen molar-refractivity contribution in [3.8, 4) is 22.6 Å². The monoisotopic (exact) mass is 542 g/mol. The third-order valence-corrected chi connectivity index (χ3v) is 7.50. The average molecular weight is 543 g/mol. The molecule has 0 saturated carbocycles. The summed E-state index contributed by atoms with van der Waals surface area (Å²) in [6, 6.07) is 18.7. The van der Waals surface area contributed by atoms with Crippen LogP contribution in [0.5, 0.6) is 11.5 Å². The number of aromatic nitrogens is 1. The summed E-state index contributed by atoms with van der Waals surface area (Å²) in [5, 5.41) is 4.89. The first kappa shape index (κ1) is 26.2. The average Bonchev–Trinajstić information content (AvgIpc) is 3.48. The fraction of sp³-hybridized carbons (Fsp3) is 0.233. The maximum atomic E-state index is 13.2. The third-order valence-electron chi connectivity index (χ3n) is 6.58. The minimum Gasteiger partial charge on any atom is -0.497 e. The molecule has 4 aromatic rings. The Morgan fingerprint density at radius 2 is 1.67 bits per heavy atom. The van der Waals surface area contributed by atoms with Gasteiger partial charge in [-0.15, -0.1) is 11.3 Å². The molecule has 8 nitrogen and oxygen atoms in total. The van der Waals surface area contributed by atoms with Gasteiger partial charge in [-0.05, 0) is 78.5 Å². The number of ether oxygens (including phenoxy) is 2. The van der Waals surface area contributed by atoms with Crippen LogP contribution in [0, 0.1) is 0 Å². The summed E-state index contributed by atoms with van der Waals surface area (Å²) in [5.74, 6) is 1.33. The number of rotatable bonds is 8. The molecule has 1 aliphatic rings. The van der Waals surface area contributed by atoms with E-state index in [1.807, 2.05) is 53.6 Å². The molecule has 1 fully saturated rings. The molecule has 0 bridgehead atoms. The minimum absolute atomic E-state index is 0.0466. The highest BCUT2D eigenvalue weighted by molar-refractivity contribution is 7.12. The van der Waals surface area contributed by atoms with Crippen molar-refractivity contribution in [3.05, 3.63) is 88.9 Å². The van der Waals surface area contributed by atoms with Crippen LogP contribution in [-0.2, 0) is 0 Å². The third kappa shape index (κ3) is 6.21. The van der Waals surface area contributed by atoms with Gasteiger partial charge in [-0.1, -0.05) is 0 Å². The van der Waals surface area contributed by atoms with Crippen LogP contribution < -0.4 is 19.7 Å². The molecule has 0 aliphatic carbocycles. The maximum Gasteiger partial charge on any atom is 0.264 e. The number of piperazine rings is 1. The van der Waals surface area contributed by atoms with Gasteiger partial charge in [0.25, 0.3) is 11.8 Å². The van der Waals surface area contributed by atoms with E-state index in [9.17, 15) is 9.59 Å². The molecule has 5 rings (SSSR count). The van der Waals surface area contributed by atoms with Crippen molar-refractivity contribution in [1.29, 1.82) is 0 Å². The van der Waals surface area contributed by atoms with Crippen LogP contribution in [0.3, 0.4) is 0 Å². The van der Waals surface area contributed by atoms with Crippen molar-refractivity contribution in [3.63, 3.8) is 0 Å². The van der Waals surface area contributed by atoms with Crippen LogP contribution in [-0.4, -0.2) is 61.6 Å². The Kier molecular flexibility index (Phi) is 8.07. The number of hydrogen-bond acceptors (Lipinski definition) is 7. The molecular weight excluding hydrogens is 512 g/mol. The first-order valence-electron chi connectivity index (χ1n) is 12.8. The number of amides is 2. The van der Waals surface area contributed by atoms with Gasteiger partial charge in [-0.2, -0.15) is 0 Å². The lowest BCUT2D eigenvalue weighted by molar-refractivity contribution is 0.0751. The molecule has 200 valence electrons. The van der Waals surface area contributed by atoms with Crippen molar-refractivity contribution in [2.75, 3.05) is 50.1 Å². The SMILES string of the molecule is CCOc1cncc(-c2csc(C(=O)N3CCN(c4ccc(C(=O)Nc5ccc(OC)cc5)cc4)CC3)c2)c1. The molecule has 0 unspecified atom stereocenters. The number of hydrogen-bond donors (Lipinski definition) is 1. The lowest BCUT2D eigenvalue weighted by atomic mass is 10.1. The highest BCUT2D eigenvalue weighted by atomic mass is 32.1. The van der Waals surface area contributed by atoms with Gasteiger partial charge in [0.1, 0.15) is 11.5 Å². The van der Waals surface area contributed by atoms with E-state index in [0.29, 0.717) is 35.8 Å². The molecule has 1 aliphatic heterocycles. The molecule has 3 heterocycles. The molecule has 9 heteroatoms. The Bertz CT molecular complexity index is 1430. The van der Waals surface area contributed by atoms with Gasteiger partial charge in [-0.3, -0.25) is 14.6 Å². The first-order valence-corrected chi connectivity index (χ1v) is 13.7. The summed E-state index contributed by atoms with van der Waals surface area (Å²) in [6.45, 7) is 5.23. The highest BCUT2D eigenvalue weighted by Gasteiger charge is 2.24. The van der Waals surface area contributed by atoms with Gasteiger partial charge in [0, 0.05) is 54.9 Å². The molecule has 2 amide bonds. The molecule has 2 aromatic heterocycles. The van der Waals surface area contributed by atoms with Gasteiger partial charge < -0.3 is 24.6 Å². The van der Waals surface area contributed by atoms with Crippen molar-refractivity contribution in [2.45, 2.75) is 6.92 Å². The van der Waals surface area contributed by atoms with Gasteiger partial charge >= 0.3 is 0 Å². The Hall–Kier alpha value is -4.37. The standard InChI is InChI=1S/C30H30N4O4S/c1-3-38-27-16-22(18-31-19-27)23-17-28(39-20-23)30(36)34-14-12-33(13-15-34)25-8-4-21(5-9-25)29(35)32-24-6-10-26(37-2)11-7-24/h4-11,16-20H,3,12-15H2,1-2H3,(H,32,35). The Morgan fingerprint density at radius 1 is 0.923 bits per heavy atom. The number of thiophene rings is 1. The number of carbonyl (C=O) groups is 2. The molecule has 0 atom stereocenters. The topological polar surface area (TPSA) is 84.0 Å². The van der Waals surface area contributed by atoms with E-state index >= 15 is 0 Å². The number of nitrogens with zero attached hydrogens (tertiary/aromatic N) is 3. The van der Waals surface area contributed by atoms with Crippen LogP contribution in [0.4, 0.5) is 11.4 Å². The van der Waals surface area contributed by atoms with E-state index in [-0.39, 0.29) is 11.8 Å². The summed E-state index contributed by atoms with van der Waals surface area (Å²) in [6.07, 6.45) is 3.47. The molecule has 1 N–H and O–H groups in total. The van der Waals surface area contributed by atoms with Crippen molar-refractivity contribution in [2.24, 2.45) is 0 Å². The Balaban J connectivity index is 1.15. The summed E-state index contributed by atoms with van der Waals surface area (Å²) >= 11 is 1.45. The number of anilines is 2. The minimum atomic E-state index is -0.169. The zero-order valence-electron chi connectivity index (χ0n) is 21.9. The summed E-state index contributed by atoms with van der Waals surface area (Å²) in [5.41, 5.74) is 4.22. The molecule has 1 saturated heterocycles. The quantitative estimate of drug-likeness (QED) is 0.320. The Morgan fingerprint density at radius 3 is 2.36 bits per heavy atom. The van der Waals surface area contributed by atoms with E-state index in [1.165, 1.54) is 11.3 Å². The largest absolute Gasteiger partial charge is 0.497 e. The highest BCUT2D eigenvalue weighted by Crippen LogP contribution is 2.29. The fourth-order valence-electron chi connectivity index (χ4n) is 4.45. The lowest BCUT2D eigenvalue weighted by Crippen LogP contribution is -2.48. The van der Waals surface area contributed by atoms with E-state index in [1.54, 1.807) is 43.8 Å². The van der Waals surface area contributed by atoms with Crippen LogP contribution in [0.2, 0.25) is 0 Å². The van der Waals surface area contributed by atoms with E-state index < -0.39 is 0 Å². The van der Waals surface area contributed by atoms with Crippen molar-refractivity contribution in [1.82, 2.24) is 9.88 Å². The van der Waals surface area contributed by atoms with Gasteiger partial charge in [-0.25, -0.2) is 0 Å². The zero-order valence-corrected chi connectivity index (χ0v) is 22.7. The van der Waals surface area contributed by atoms with Gasteiger partial charge in [0.05, 0.1) is 24.8 Å². The molecule has 2 aromatic carbocycles. The number of carbonyl (C=O) groups excluding carboxylic acids is 2. The predicted molar refractivity (Wildman–Crippen MR) is 154 cm³/mol. The Labute approximate surface area is 231 Å². The first-order chi connectivity index (χ1) is 19.0. The maximum absolute atomic E-state index is 13.2. The van der Waals surface area contributed by atoms with Crippen LogP contribution in [0.1, 0.15) is 27.0 Å². The predicted octanol–water partition coefficient (Wildman–Crippen LogP) is 5.43. The number of nitrogens with one attached hydrogen (secondary N) is 1. The van der Waals surface area contributed by atoms with Crippen molar-refractivity contribution >= 4 is 34.5 Å². The summed E-state index contributed by atoms with van der Waals surface area (Å²) < 4.78 is 10.7. The normalized spacial score (nSPS) is 13.2. The van der Waals surface area contributed by atoms with Gasteiger partial charge in [0.15, 0.2) is 0 Å². The second kappa shape index (κ2) is 12.0. The lowest BCUT2D eigenvalue weighted by Gasteiger charge is -2.36. The second-order valence-electron chi connectivity index (χ2n) is 9.05. The van der Waals surface area contributed by atoms with Crippen molar-refractivity contribution < 1.29 is 19.1 Å². The number of pyridine rings is 1. The van der Waals surface area contributed by atoms with E-state index in [0.717, 1.165) is 41.4 Å². The van der Waals surface area contributed by atoms with Gasteiger partial charge in [0.2, 0.25) is 0 Å². The fourth-order valence-corrected chi connectivity index (χ4v) is 5.33.